The van der Waals surface area contributed by atoms with Gasteiger partial charge in [-0.25, -0.2) is 0 Å². The first-order chi connectivity index (χ1) is 9.79. The van der Waals surface area contributed by atoms with Crippen LogP contribution in [-0.4, -0.2) is 17.4 Å². The summed E-state index contributed by atoms with van der Waals surface area (Å²) >= 11 is 0. The molecular weight excluding hydrogens is 250 g/mol. The molecule has 20 heavy (non-hydrogen) atoms. The summed E-state index contributed by atoms with van der Waals surface area (Å²) in [5.74, 6) is -0.196. The van der Waals surface area contributed by atoms with Crippen molar-refractivity contribution in [3.63, 3.8) is 0 Å². The molecule has 0 saturated heterocycles. The molecule has 0 bridgehead atoms. The van der Waals surface area contributed by atoms with Crippen LogP contribution in [0, 0.1) is 0 Å². The molecule has 0 atom stereocenters. The lowest BCUT2D eigenvalue weighted by atomic mass is 10.1. The van der Waals surface area contributed by atoms with Gasteiger partial charge in [0.25, 0.3) is 0 Å². The molecule has 0 spiro atoms. The highest BCUT2D eigenvalue weighted by molar-refractivity contribution is 5.95. The molecule has 2 aromatic rings. The number of rotatable bonds is 2. The van der Waals surface area contributed by atoms with E-state index in [4.69, 9.17) is 5.73 Å². The Kier molecular flexibility index (Phi) is 5.50. The molecule has 0 radical (unpaired) electrons. The number of hydrogen-bond acceptors (Lipinski definition) is 3. The van der Waals surface area contributed by atoms with Gasteiger partial charge in [-0.2, -0.15) is 0 Å². The van der Waals surface area contributed by atoms with Gasteiger partial charge >= 0.3 is 0 Å². The summed E-state index contributed by atoms with van der Waals surface area (Å²) in [6.07, 6.45) is 11.0. The minimum atomic E-state index is -0.196. The maximum atomic E-state index is 11.1. The molecule has 1 aliphatic carbocycles. The highest BCUT2D eigenvalue weighted by atomic mass is 16.1. The molecule has 4 heteroatoms. The lowest BCUT2D eigenvalue weighted by Gasteiger charge is -2.04. The van der Waals surface area contributed by atoms with Gasteiger partial charge in [0, 0.05) is 23.5 Å². The SMILES string of the molecule is C1CCCC1.NCC(=O)Nc1ccc2ccncc2c1. The van der Waals surface area contributed by atoms with E-state index in [2.05, 4.69) is 10.3 Å². The minimum Gasteiger partial charge on any atom is -0.325 e. The van der Waals surface area contributed by atoms with E-state index in [0.29, 0.717) is 0 Å². The van der Waals surface area contributed by atoms with Crippen molar-refractivity contribution in [3.8, 4) is 0 Å². The lowest BCUT2D eigenvalue weighted by Crippen LogP contribution is -2.21. The number of amides is 1. The third-order valence-electron chi connectivity index (χ3n) is 3.36. The standard InChI is InChI=1S/C11H11N3O.C5H10/c12-6-11(15)14-10-2-1-8-3-4-13-7-9(8)5-10;1-2-4-5-3-1/h1-5,7H,6,12H2,(H,14,15);1-5H2. The van der Waals surface area contributed by atoms with E-state index in [1.165, 1.54) is 32.1 Å². The van der Waals surface area contributed by atoms with E-state index in [1.54, 1.807) is 12.4 Å². The maximum Gasteiger partial charge on any atom is 0.238 e. The van der Waals surface area contributed by atoms with Crippen LogP contribution in [0.5, 0.6) is 0 Å². The Labute approximate surface area is 119 Å². The molecule has 1 fully saturated rings. The Morgan fingerprint density at radius 1 is 1.10 bits per heavy atom. The number of fused-ring (bicyclic) bond motifs is 1. The largest absolute Gasteiger partial charge is 0.325 e. The number of anilines is 1. The summed E-state index contributed by atoms with van der Waals surface area (Å²) in [7, 11) is 0. The molecule has 106 valence electrons. The monoisotopic (exact) mass is 271 g/mol. The molecule has 1 aromatic carbocycles. The van der Waals surface area contributed by atoms with Gasteiger partial charge in [0.1, 0.15) is 0 Å². The van der Waals surface area contributed by atoms with Gasteiger partial charge in [0.05, 0.1) is 6.54 Å². The summed E-state index contributed by atoms with van der Waals surface area (Å²) in [5, 5.41) is 4.78. The summed E-state index contributed by atoms with van der Waals surface area (Å²) in [5.41, 5.74) is 5.95. The molecule has 3 N–H and O–H groups in total. The van der Waals surface area contributed by atoms with Crippen LogP contribution in [0.25, 0.3) is 10.8 Å². The van der Waals surface area contributed by atoms with Crippen LogP contribution in [0.15, 0.2) is 36.7 Å². The van der Waals surface area contributed by atoms with Gasteiger partial charge in [-0.1, -0.05) is 38.2 Å². The Morgan fingerprint density at radius 3 is 2.45 bits per heavy atom. The Hall–Kier alpha value is -1.94. The van der Waals surface area contributed by atoms with Crippen LogP contribution in [0.3, 0.4) is 0 Å². The predicted octanol–water partition coefficient (Wildman–Crippen LogP) is 3.08. The van der Waals surface area contributed by atoms with Crippen LogP contribution >= 0.6 is 0 Å². The van der Waals surface area contributed by atoms with Crippen molar-refractivity contribution in [1.82, 2.24) is 4.98 Å². The van der Waals surface area contributed by atoms with Crippen molar-refractivity contribution < 1.29 is 4.79 Å². The average molecular weight is 271 g/mol. The lowest BCUT2D eigenvalue weighted by molar-refractivity contribution is -0.114. The van der Waals surface area contributed by atoms with Gasteiger partial charge in [0.2, 0.25) is 5.91 Å². The highest BCUT2D eigenvalue weighted by Gasteiger charge is 2.00. The molecule has 1 aliphatic rings. The second-order valence-electron chi connectivity index (χ2n) is 4.96. The predicted molar refractivity (Wildman–Crippen MR) is 82.5 cm³/mol. The van der Waals surface area contributed by atoms with Crippen molar-refractivity contribution in [1.29, 1.82) is 0 Å². The summed E-state index contributed by atoms with van der Waals surface area (Å²) in [6.45, 7) is -0.00885. The first kappa shape index (κ1) is 14.5. The number of pyridine rings is 1. The van der Waals surface area contributed by atoms with Crippen molar-refractivity contribution in [3.05, 3.63) is 36.7 Å². The average Bonchev–Trinajstić information content (AvgIpc) is 3.06. The van der Waals surface area contributed by atoms with Crippen LogP contribution in [0.2, 0.25) is 0 Å². The topological polar surface area (TPSA) is 68.0 Å². The number of nitrogens with one attached hydrogen (secondary N) is 1. The van der Waals surface area contributed by atoms with Crippen molar-refractivity contribution in [2.24, 2.45) is 5.73 Å². The number of benzene rings is 1. The zero-order valence-electron chi connectivity index (χ0n) is 11.6. The number of nitrogens with two attached hydrogens (primary N) is 1. The number of hydrogen-bond donors (Lipinski definition) is 2. The van der Waals surface area contributed by atoms with Crippen molar-refractivity contribution in [2.45, 2.75) is 32.1 Å². The number of aromatic nitrogens is 1. The molecule has 3 rings (SSSR count). The quantitative estimate of drug-likeness (QED) is 0.882. The van der Waals surface area contributed by atoms with Gasteiger partial charge in [-0.3, -0.25) is 9.78 Å². The van der Waals surface area contributed by atoms with Crippen LogP contribution < -0.4 is 11.1 Å². The number of carbonyl (C=O) groups is 1. The third kappa shape index (κ3) is 4.31. The zero-order valence-corrected chi connectivity index (χ0v) is 11.6. The fraction of sp³-hybridized carbons (Fsp3) is 0.375. The van der Waals surface area contributed by atoms with Crippen LogP contribution in [0.4, 0.5) is 5.69 Å². The first-order valence-electron chi connectivity index (χ1n) is 7.13. The number of nitrogens with zero attached hydrogens (tertiary/aromatic N) is 1. The first-order valence-corrected chi connectivity index (χ1v) is 7.13. The second kappa shape index (κ2) is 7.60. The van der Waals surface area contributed by atoms with E-state index in [0.717, 1.165) is 16.5 Å². The molecule has 1 amide bonds. The fourth-order valence-electron chi connectivity index (χ4n) is 2.26. The smallest absolute Gasteiger partial charge is 0.238 e. The van der Waals surface area contributed by atoms with Crippen molar-refractivity contribution >= 4 is 22.4 Å². The molecule has 1 heterocycles. The van der Waals surface area contributed by atoms with E-state index in [1.807, 2.05) is 24.3 Å². The van der Waals surface area contributed by atoms with Crippen LogP contribution in [0.1, 0.15) is 32.1 Å². The Balaban J connectivity index is 0.000000247. The fourth-order valence-corrected chi connectivity index (χ4v) is 2.26. The minimum absolute atomic E-state index is 0.00885. The Bertz CT molecular complexity index is 557. The summed E-state index contributed by atoms with van der Waals surface area (Å²) < 4.78 is 0. The molecule has 0 aliphatic heterocycles. The van der Waals surface area contributed by atoms with Gasteiger partial charge < -0.3 is 11.1 Å². The normalized spacial score (nSPS) is 13.7. The van der Waals surface area contributed by atoms with Crippen molar-refractivity contribution in [2.75, 3.05) is 11.9 Å². The second-order valence-corrected chi connectivity index (χ2v) is 4.96. The maximum absolute atomic E-state index is 11.1. The number of carbonyl (C=O) groups excluding carboxylic acids is 1. The van der Waals surface area contributed by atoms with Gasteiger partial charge in [-0.15, -0.1) is 0 Å². The van der Waals surface area contributed by atoms with Gasteiger partial charge in [0.15, 0.2) is 0 Å². The Morgan fingerprint density at radius 2 is 1.80 bits per heavy atom. The molecule has 4 nitrogen and oxygen atoms in total. The van der Waals surface area contributed by atoms with Crippen LogP contribution in [-0.2, 0) is 4.79 Å². The van der Waals surface area contributed by atoms with E-state index in [-0.39, 0.29) is 12.5 Å². The third-order valence-corrected chi connectivity index (χ3v) is 3.36. The summed E-state index contributed by atoms with van der Waals surface area (Å²) in [4.78, 5) is 15.1. The van der Waals surface area contributed by atoms with E-state index >= 15 is 0 Å². The van der Waals surface area contributed by atoms with Gasteiger partial charge in [-0.05, 0) is 23.6 Å². The van der Waals surface area contributed by atoms with E-state index in [9.17, 15) is 4.79 Å². The molecular formula is C16H21N3O. The molecule has 1 saturated carbocycles. The highest BCUT2D eigenvalue weighted by Crippen LogP contribution is 2.17. The molecule has 1 aromatic heterocycles. The zero-order chi connectivity index (χ0) is 14.2. The molecule has 0 unspecified atom stereocenters. The summed E-state index contributed by atoms with van der Waals surface area (Å²) in [6, 6.07) is 7.57. The van der Waals surface area contributed by atoms with E-state index < -0.39 is 0 Å².